The smallest absolute Gasteiger partial charge is 0.264 e. The van der Waals surface area contributed by atoms with Gasteiger partial charge in [-0.1, -0.05) is 25.4 Å². The minimum Gasteiger partial charge on any atom is -0.461 e. The van der Waals surface area contributed by atoms with E-state index < -0.39 is 5.92 Å². The number of amides is 1. The van der Waals surface area contributed by atoms with Gasteiger partial charge in [0.2, 0.25) is 5.78 Å². The van der Waals surface area contributed by atoms with Crippen LogP contribution in [0, 0.1) is 11.8 Å². The zero-order chi connectivity index (χ0) is 16.6. The molecule has 2 aromatic rings. The number of ketones is 1. The summed E-state index contributed by atoms with van der Waals surface area (Å²) in [5.41, 5.74) is 1.11. The number of benzene rings is 1. The first-order valence-electron chi connectivity index (χ1n) is 7.24. The number of halogens is 1. The first-order valence-corrected chi connectivity index (χ1v) is 7.62. The molecule has 23 heavy (non-hydrogen) atoms. The van der Waals surface area contributed by atoms with Crippen molar-refractivity contribution < 1.29 is 14.0 Å². The third-order valence-corrected chi connectivity index (χ3v) is 3.91. The lowest BCUT2D eigenvalue weighted by atomic mass is 9.90. The molecule has 1 aliphatic rings. The number of carbonyl (C=O) groups excluding carboxylic acids is 2. The van der Waals surface area contributed by atoms with Crippen LogP contribution in [0.25, 0.3) is 0 Å². The molecule has 6 heteroatoms. The zero-order valence-corrected chi connectivity index (χ0v) is 13.4. The highest BCUT2D eigenvalue weighted by Gasteiger charge is 2.43. The predicted molar refractivity (Wildman–Crippen MR) is 87.7 cm³/mol. The van der Waals surface area contributed by atoms with Crippen LogP contribution in [-0.2, 0) is 4.79 Å². The second kappa shape index (κ2) is 6.01. The van der Waals surface area contributed by atoms with Crippen molar-refractivity contribution in [3.8, 4) is 0 Å². The Bertz CT molecular complexity index is 764. The van der Waals surface area contributed by atoms with E-state index in [0.29, 0.717) is 16.4 Å². The molecule has 0 saturated heterocycles. The maximum atomic E-state index is 12.8. The molecule has 1 aliphatic heterocycles. The highest BCUT2D eigenvalue weighted by Crippen LogP contribution is 2.29. The molecule has 0 aliphatic carbocycles. The Hall–Kier alpha value is -2.40. The Morgan fingerprint density at radius 2 is 1.96 bits per heavy atom. The summed E-state index contributed by atoms with van der Waals surface area (Å²) in [6.07, 6.45) is 1.41. The molecule has 0 saturated carbocycles. The van der Waals surface area contributed by atoms with Crippen molar-refractivity contribution in [2.75, 3.05) is 5.01 Å². The van der Waals surface area contributed by atoms with Crippen LogP contribution in [0.1, 0.15) is 24.4 Å². The van der Waals surface area contributed by atoms with Gasteiger partial charge in [-0.15, -0.1) is 0 Å². The first-order chi connectivity index (χ1) is 11.0. The standard InChI is InChI=1S/C17H15ClN2O3/c1-10(2)15-14(16(21)13-4-3-9-23-13)17(22)20(19-15)12-7-5-11(18)6-8-12/h3-10,14H,1-2H3/t14-/m0/s1. The van der Waals surface area contributed by atoms with Gasteiger partial charge in [-0.3, -0.25) is 9.59 Å². The first kappa shape index (κ1) is 15.5. The minimum absolute atomic E-state index is 0.0415. The Morgan fingerprint density at radius 1 is 1.26 bits per heavy atom. The maximum absolute atomic E-state index is 12.8. The van der Waals surface area contributed by atoms with Gasteiger partial charge in [0.25, 0.3) is 5.91 Å². The van der Waals surface area contributed by atoms with E-state index in [1.165, 1.54) is 11.3 Å². The van der Waals surface area contributed by atoms with Gasteiger partial charge in [-0.2, -0.15) is 10.1 Å². The van der Waals surface area contributed by atoms with Crippen molar-refractivity contribution in [2.24, 2.45) is 16.9 Å². The van der Waals surface area contributed by atoms with Crippen LogP contribution < -0.4 is 5.01 Å². The molecule has 0 spiro atoms. The van der Waals surface area contributed by atoms with Gasteiger partial charge in [0.1, 0.15) is 5.92 Å². The summed E-state index contributed by atoms with van der Waals surface area (Å²) >= 11 is 5.87. The van der Waals surface area contributed by atoms with Gasteiger partial charge in [0, 0.05) is 5.02 Å². The molecule has 1 atom stereocenters. The minimum atomic E-state index is -0.947. The molecule has 1 aromatic carbocycles. The summed E-state index contributed by atoms with van der Waals surface area (Å²) < 4.78 is 5.15. The van der Waals surface area contributed by atoms with Crippen molar-refractivity contribution in [3.63, 3.8) is 0 Å². The third kappa shape index (κ3) is 2.80. The van der Waals surface area contributed by atoms with Crippen LogP contribution in [0.4, 0.5) is 5.69 Å². The van der Waals surface area contributed by atoms with Gasteiger partial charge < -0.3 is 4.42 Å². The average molecular weight is 331 g/mol. The molecule has 3 rings (SSSR count). The number of Topliss-reactive ketones (excluding diaryl/α,β-unsaturated/α-hetero) is 1. The van der Waals surface area contributed by atoms with Gasteiger partial charge in [0.05, 0.1) is 17.7 Å². The van der Waals surface area contributed by atoms with Gasteiger partial charge in [0.15, 0.2) is 5.76 Å². The monoisotopic (exact) mass is 330 g/mol. The summed E-state index contributed by atoms with van der Waals surface area (Å²) in [5, 5.41) is 6.20. The van der Waals surface area contributed by atoms with E-state index in [1.54, 1.807) is 36.4 Å². The lowest BCUT2D eigenvalue weighted by Gasteiger charge is -2.13. The van der Waals surface area contributed by atoms with E-state index in [4.69, 9.17) is 16.0 Å². The molecule has 5 nitrogen and oxygen atoms in total. The molecule has 0 bridgehead atoms. The van der Waals surface area contributed by atoms with Crippen LogP contribution in [0.3, 0.4) is 0 Å². The highest BCUT2D eigenvalue weighted by molar-refractivity contribution is 6.31. The molecule has 2 heterocycles. The summed E-state index contributed by atoms with van der Waals surface area (Å²) in [6, 6.07) is 9.92. The summed E-state index contributed by atoms with van der Waals surface area (Å²) in [7, 11) is 0. The van der Waals surface area contributed by atoms with Gasteiger partial charge >= 0.3 is 0 Å². The fraction of sp³-hybridized carbons (Fsp3) is 0.235. The normalized spacial score (nSPS) is 17.7. The molecule has 118 valence electrons. The lowest BCUT2D eigenvalue weighted by molar-refractivity contribution is -0.118. The van der Waals surface area contributed by atoms with Gasteiger partial charge in [-0.25, -0.2) is 0 Å². The molecule has 0 unspecified atom stereocenters. The van der Waals surface area contributed by atoms with Crippen LogP contribution >= 0.6 is 11.6 Å². The number of hydrazone groups is 1. The van der Waals surface area contributed by atoms with Crippen molar-refractivity contribution in [1.82, 2.24) is 0 Å². The molecule has 1 aromatic heterocycles. The zero-order valence-electron chi connectivity index (χ0n) is 12.7. The average Bonchev–Trinajstić information content (AvgIpc) is 3.15. The van der Waals surface area contributed by atoms with Crippen molar-refractivity contribution in [3.05, 3.63) is 53.4 Å². The quantitative estimate of drug-likeness (QED) is 0.633. The van der Waals surface area contributed by atoms with Crippen molar-refractivity contribution in [2.45, 2.75) is 13.8 Å². The Morgan fingerprint density at radius 3 is 2.52 bits per heavy atom. The molecule has 0 fully saturated rings. The summed E-state index contributed by atoms with van der Waals surface area (Å²) in [4.78, 5) is 25.4. The van der Waals surface area contributed by atoms with E-state index in [9.17, 15) is 9.59 Å². The second-order valence-electron chi connectivity index (χ2n) is 5.58. The molecule has 1 amide bonds. The Kier molecular flexibility index (Phi) is 4.05. The lowest BCUT2D eigenvalue weighted by Crippen LogP contribution is -2.34. The SMILES string of the molecule is CC(C)C1=NN(c2ccc(Cl)cc2)C(=O)[C@@H]1C(=O)c1ccco1. The van der Waals surface area contributed by atoms with E-state index in [-0.39, 0.29) is 23.4 Å². The summed E-state index contributed by atoms with van der Waals surface area (Å²) in [6.45, 7) is 3.81. The Balaban J connectivity index is 1.98. The largest absolute Gasteiger partial charge is 0.461 e. The third-order valence-electron chi connectivity index (χ3n) is 3.66. The fourth-order valence-electron chi connectivity index (χ4n) is 2.49. The van der Waals surface area contributed by atoms with E-state index in [2.05, 4.69) is 5.10 Å². The van der Waals surface area contributed by atoms with Crippen LogP contribution in [-0.4, -0.2) is 17.4 Å². The maximum Gasteiger partial charge on any atom is 0.264 e. The van der Waals surface area contributed by atoms with Crippen molar-refractivity contribution in [1.29, 1.82) is 0 Å². The van der Waals surface area contributed by atoms with Crippen LogP contribution in [0.5, 0.6) is 0 Å². The number of furan rings is 1. The topological polar surface area (TPSA) is 62.9 Å². The van der Waals surface area contributed by atoms with E-state index >= 15 is 0 Å². The number of hydrogen-bond donors (Lipinski definition) is 0. The predicted octanol–water partition coefficient (Wildman–Crippen LogP) is 3.79. The van der Waals surface area contributed by atoms with E-state index in [1.807, 2.05) is 13.8 Å². The fourth-order valence-corrected chi connectivity index (χ4v) is 2.62. The van der Waals surface area contributed by atoms with Crippen LogP contribution in [0.2, 0.25) is 5.02 Å². The molecule has 0 N–H and O–H groups in total. The van der Waals surface area contributed by atoms with Crippen molar-refractivity contribution >= 4 is 34.7 Å². The molecular formula is C17H15ClN2O3. The second-order valence-corrected chi connectivity index (χ2v) is 6.02. The number of carbonyl (C=O) groups is 2. The number of hydrogen-bond acceptors (Lipinski definition) is 4. The van der Waals surface area contributed by atoms with Crippen LogP contribution in [0.15, 0.2) is 52.2 Å². The Labute approximate surface area is 138 Å². The van der Waals surface area contributed by atoms with E-state index in [0.717, 1.165) is 0 Å². The molecule has 0 radical (unpaired) electrons. The molecular weight excluding hydrogens is 316 g/mol. The summed E-state index contributed by atoms with van der Waals surface area (Å²) in [5.74, 6) is -1.58. The number of nitrogens with zero attached hydrogens (tertiary/aromatic N) is 2. The number of anilines is 1. The highest BCUT2D eigenvalue weighted by atomic mass is 35.5. The number of rotatable bonds is 4. The van der Waals surface area contributed by atoms with Gasteiger partial charge in [-0.05, 0) is 42.3 Å².